The number of carbonyl (C=O) groups is 1. The molecule has 2 rings (SSSR count). The predicted octanol–water partition coefficient (Wildman–Crippen LogP) is 2.25. The van der Waals surface area contributed by atoms with E-state index in [1.807, 2.05) is 12.1 Å². The van der Waals surface area contributed by atoms with Crippen LogP contribution in [0, 0.1) is 5.41 Å². The second-order valence-electron chi connectivity index (χ2n) is 6.14. The standard InChI is InChI=1S/C16H24N2O/c1-4-16(2,3)11-18-15(19)14-9-12-7-5-6-8-13(12)10-17-14/h5-8,14,17H,4,9-11H2,1-3H3,(H,18,19)/t14-/m1/s1. The van der Waals surface area contributed by atoms with Crippen LogP contribution in [0.15, 0.2) is 24.3 Å². The fourth-order valence-corrected chi connectivity index (χ4v) is 2.21. The summed E-state index contributed by atoms with van der Waals surface area (Å²) in [6.45, 7) is 8.03. The van der Waals surface area contributed by atoms with Gasteiger partial charge in [-0.1, -0.05) is 45.0 Å². The molecule has 0 spiro atoms. The van der Waals surface area contributed by atoms with Crippen LogP contribution >= 0.6 is 0 Å². The van der Waals surface area contributed by atoms with Gasteiger partial charge in [-0.15, -0.1) is 0 Å². The molecular formula is C16H24N2O. The van der Waals surface area contributed by atoms with Crippen molar-refractivity contribution in [2.75, 3.05) is 6.54 Å². The van der Waals surface area contributed by atoms with Crippen molar-refractivity contribution in [3.63, 3.8) is 0 Å². The van der Waals surface area contributed by atoms with E-state index in [9.17, 15) is 4.79 Å². The van der Waals surface area contributed by atoms with Crippen molar-refractivity contribution in [1.29, 1.82) is 0 Å². The van der Waals surface area contributed by atoms with Crippen molar-refractivity contribution in [3.05, 3.63) is 35.4 Å². The monoisotopic (exact) mass is 260 g/mol. The number of nitrogens with one attached hydrogen (secondary N) is 2. The van der Waals surface area contributed by atoms with Crippen molar-refractivity contribution >= 4 is 5.91 Å². The van der Waals surface area contributed by atoms with E-state index in [-0.39, 0.29) is 17.4 Å². The van der Waals surface area contributed by atoms with Crippen LogP contribution in [0.4, 0.5) is 0 Å². The quantitative estimate of drug-likeness (QED) is 0.872. The lowest BCUT2D eigenvalue weighted by Gasteiger charge is -2.28. The summed E-state index contributed by atoms with van der Waals surface area (Å²) in [6, 6.07) is 8.23. The topological polar surface area (TPSA) is 41.1 Å². The summed E-state index contributed by atoms with van der Waals surface area (Å²) in [5.74, 6) is 0.121. The second-order valence-corrected chi connectivity index (χ2v) is 6.14. The van der Waals surface area contributed by atoms with Crippen LogP contribution in [-0.2, 0) is 17.8 Å². The maximum Gasteiger partial charge on any atom is 0.237 e. The SMILES string of the molecule is CCC(C)(C)CNC(=O)[C@H]1Cc2ccccc2CN1. The first-order chi connectivity index (χ1) is 9.02. The number of hydrogen-bond donors (Lipinski definition) is 2. The summed E-state index contributed by atoms with van der Waals surface area (Å²) in [5, 5.41) is 6.39. The summed E-state index contributed by atoms with van der Waals surface area (Å²) in [7, 11) is 0. The Kier molecular flexibility index (Phi) is 4.25. The molecular weight excluding hydrogens is 236 g/mol. The molecule has 19 heavy (non-hydrogen) atoms. The lowest BCUT2D eigenvalue weighted by atomic mass is 9.90. The highest BCUT2D eigenvalue weighted by Gasteiger charge is 2.25. The Hall–Kier alpha value is -1.35. The Morgan fingerprint density at radius 1 is 1.37 bits per heavy atom. The van der Waals surface area contributed by atoms with Gasteiger partial charge in [0.1, 0.15) is 0 Å². The van der Waals surface area contributed by atoms with Crippen molar-refractivity contribution in [2.24, 2.45) is 5.41 Å². The largest absolute Gasteiger partial charge is 0.354 e. The molecule has 3 nitrogen and oxygen atoms in total. The average molecular weight is 260 g/mol. The van der Waals surface area contributed by atoms with Crippen LogP contribution in [0.5, 0.6) is 0 Å². The van der Waals surface area contributed by atoms with Gasteiger partial charge in [0.25, 0.3) is 0 Å². The molecule has 0 saturated carbocycles. The van der Waals surface area contributed by atoms with Crippen molar-refractivity contribution in [2.45, 2.75) is 46.2 Å². The average Bonchev–Trinajstić information content (AvgIpc) is 2.44. The maximum atomic E-state index is 12.2. The highest BCUT2D eigenvalue weighted by molar-refractivity contribution is 5.82. The molecule has 0 fully saturated rings. The Balaban J connectivity index is 1.92. The number of carbonyl (C=O) groups excluding carboxylic acids is 1. The van der Waals surface area contributed by atoms with E-state index in [2.05, 4.69) is 43.5 Å². The third kappa shape index (κ3) is 3.57. The minimum Gasteiger partial charge on any atom is -0.354 e. The number of hydrogen-bond acceptors (Lipinski definition) is 2. The van der Waals surface area contributed by atoms with E-state index >= 15 is 0 Å². The molecule has 1 aromatic carbocycles. The number of fused-ring (bicyclic) bond motifs is 1. The number of benzene rings is 1. The molecule has 104 valence electrons. The minimum absolute atomic E-state index is 0.0949. The van der Waals surface area contributed by atoms with Crippen LogP contribution in [-0.4, -0.2) is 18.5 Å². The number of rotatable bonds is 4. The van der Waals surface area contributed by atoms with Crippen LogP contribution in [0.25, 0.3) is 0 Å². The Morgan fingerprint density at radius 3 is 2.74 bits per heavy atom. The van der Waals surface area contributed by atoms with Crippen molar-refractivity contribution < 1.29 is 4.79 Å². The molecule has 0 aliphatic carbocycles. The van der Waals surface area contributed by atoms with Crippen LogP contribution in [0.2, 0.25) is 0 Å². The summed E-state index contributed by atoms with van der Waals surface area (Å²) < 4.78 is 0. The normalized spacial score (nSPS) is 18.8. The predicted molar refractivity (Wildman–Crippen MR) is 77.9 cm³/mol. The van der Waals surface area contributed by atoms with Gasteiger partial charge in [-0.25, -0.2) is 0 Å². The van der Waals surface area contributed by atoms with Gasteiger partial charge in [0.15, 0.2) is 0 Å². The lowest BCUT2D eigenvalue weighted by Crippen LogP contribution is -2.49. The lowest BCUT2D eigenvalue weighted by molar-refractivity contribution is -0.123. The van der Waals surface area contributed by atoms with Crippen molar-refractivity contribution in [1.82, 2.24) is 10.6 Å². The molecule has 0 bridgehead atoms. The molecule has 1 amide bonds. The van der Waals surface area contributed by atoms with Gasteiger partial charge in [0.05, 0.1) is 6.04 Å². The zero-order chi connectivity index (χ0) is 13.9. The molecule has 0 unspecified atom stereocenters. The Labute approximate surface area is 115 Å². The van der Waals surface area contributed by atoms with Gasteiger partial charge < -0.3 is 10.6 Å². The molecule has 1 aliphatic heterocycles. The molecule has 3 heteroatoms. The van der Waals surface area contributed by atoms with Crippen molar-refractivity contribution in [3.8, 4) is 0 Å². The highest BCUT2D eigenvalue weighted by atomic mass is 16.2. The van der Waals surface area contributed by atoms with Crippen LogP contribution in [0.3, 0.4) is 0 Å². The highest BCUT2D eigenvalue weighted by Crippen LogP contribution is 2.19. The Morgan fingerprint density at radius 2 is 2.05 bits per heavy atom. The van der Waals surface area contributed by atoms with E-state index in [1.165, 1.54) is 11.1 Å². The van der Waals surface area contributed by atoms with E-state index in [0.29, 0.717) is 0 Å². The summed E-state index contributed by atoms with van der Waals surface area (Å²) in [6.07, 6.45) is 1.85. The van der Waals surface area contributed by atoms with E-state index in [4.69, 9.17) is 0 Å². The molecule has 0 saturated heterocycles. The Bertz CT molecular complexity index is 454. The molecule has 2 N–H and O–H groups in total. The molecule has 1 aromatic rings. The molecule has 1 heterocycles. The van der Waals surface area contributed by atoms with E-state index in [1.54, 1.807) is 0 Å². The number of amides is 1. The van der Waals surface area contributed by atoms with Gasteiger partial charge in [0, 0.05) is 13.1 Å². The fourth-order valence-electron chi connectivity index (χ4n) is 2.21. The maximum absolute atomic E-state index is 12.2. The van der Waals surface area contributed by atoms with Crippen LogP contribution < -0.4 is 10.6 Å². The summed E-state index contributed by atoms with van der Waals surface area (Å²) in [4.78, 5) is 12.2. The zero-order valence-corrected chi connectivity index (χ0v) is 12.1. The minimum atomic E-state index is -0.0949. The van der Waals surface area contributed by atoms with Gasteiger partial charge in [-0.2, -0.15) is 0 Å². The van der Waals surface area contributed by atoms with E-state index < -0.39 is 0 Å². The third-order valence-corrected chi connectivity index (χ3v) is 4.10. The molecule has 0 aromatic heterocycles. The first kappa shape index (κ1) is 14.1. The van der Waals surface area contributed by atoms with Gasteiger partial charge in [0.2, 0.25) is 5.91 Å². The summed E-state index contributed by atoms with van der Waals surface area (Å²) >= 11 is 0. The molecule has 1 aliphatic rings. The summed E-state index contributed by atoms with van der Waals surface area (Å²) in [5.41, 5.74) is 2.76. The van der Waals surface area contributed by atoms with Crippen LogP contribution in [0.1, 0.15) is 38.3 Å². The first-order valence-electron chi connectivity index (χ1n) is 7.10. The zero-order valence-electron chi connectivity index (χ0n) is 12.1. The van der Waals surface area contributed by atoms with Gasteiger partial charge in [-0.05, 0) is 29.4 Å². The van der Waals surface area contributed by atoms with Gasteiger partial charge >= 0.3 is 0 Å². The fraction of sp³-hybridized carbons (Fsp3) is 0.562. The second kappa shape index (κ2) is 5.74. The third-order valence-electron chi connectivity index (χ3n) is 4.10. The van der Waals surface area contributed by atoms with E-state index in [0.717, 1.165) is 25.9 Å². The first-order valence-corrected chi connectivity index (χ1v) is 7.10. The smallest absolute Gasteiger partial charge is 0.237 e. The molecule has 0 radical (unpaired) electrons. The van der Waals surface area contributed by atoms with Gasteiger partial charge in [-0.3, -0.25) is 4.79 Å². The molecule has 1 atom stereocenters.